The van der Waals surface area contributed by atoms with Crippen molar-refractivity contribution in [3.8, 4) is 0 Å². The van der Waals surface area contributed by atoms with Crippen molar-refractivity contribution >= 4 is 15.8 Å². The van der Waals surface area contributed by atoms with Gasteiger partial charge in [-0.15, -0.1) is 0 Å². The van der Waals surface area contributed by atoms with E-state index in [4.69, 9.17) is 9.47 Å². The lowest BCUT2D eigenvalue weighted by Gasteiger charge is -2.26. The molecule has 0 saturated carbocycles. The number of ether oxygens (including phenoxy) is 2. The van der Waals surface area contributed by atoms with Gasteiger partial charge in [0.25, 0.3) is 0 Å². The van der Waals surface area contributed by atoms with Crippen LogP contribution in [0.4, 0.5) is 0 Å². The fraction of sp³-hybridized carbons (Fsp3) is 0.480. The molecule has 1 aromatic rings. The maximum Gasteiger partial charge on any atom is 0.329 e. The van der Waals surface area contributed by atoms with Crippen LogP contribution in [-0.2, 0) is 30.5 Å². The van der Waals surface area contributed by atoms with E-state index in [1.807, 2.05) is 46.8 Å². The summed E-state index contributed by atoms with van der Waals surface area (Å²) in [4.78, 5) is 13.0. The van der Waals surface area contributed by atoms with Crippen molar-refractivity contribution in [2.24, 2.45) is 0 Å². The molecule has 0 saturated heterocycles. The molecule has 32 heavy (non-hydrogen) atoms. The molecule has 0 radical (unpaired) electrons. The molecule has 1 N–H and O–H groups in total. The van der Waals surface area contributed by atoms with Crippen LogP contribution in [0, 0.1) is 0 Å². The second kappa shape index (κ2) is 12.5. The van der Waals surface area contributed by atoms with Crippen LogP contribution in [0.3, 0.4) is 0 Å². The van der Waals surface area contributed by atoms with E-state index in [1.54, 1.807) is 18.2 Å². The van der Waals surface area contributed by atoms with E-state index < -0.39 is 27.4 Å². The van der Waals surface area contributed by atoms with Crippen molar-refractivity contribution in [2.75, 3.05) is 12.9 Å². The summed E-state index contributed by atoms with van der Waals surface area (Å²) in [5.74, 6) is -0.209. The van der Waals surface area contributed by atoms with Crippen molar-refractivity contribution in [1.29, 1.82) is 0 Å². The second-order valence-electron chi connectivity index (χ2n) is 8.32. The van der Waals surface area contributed by atoms with E-state index in [0.29, 0.717) is 5.56 Å². The average molecular weight is 464 g/mol. The number of hydrogen-bond donors (Lipinski definition) is 1. The van der Waals surface area contributed by atoms with Crippen LogP contribution in [0.25, 0.3) is 0 Å². The lowest BCUT2D eigenvalue weighted by atomic mass is 10.1. The third-order valence-corrected chi connectivity index (χ3v) is 5.38. The van der Waals surface area contributed by atoms with E-state index in [2.05, 4.69) is 18.0 Å². The maximum absolute atomic E-state index is 12.8. The van der Waals surface area contributed by atoms with Crippen molar-refractivity contribution in [3.63, 3.8) is 0 Å². The molecule has 0 amide bonds. The van der Waals surface area contributed by atoms with Crippen LogP contribution in [0.2, 0.25) is 0 Å². The fourth-order valence-electron chi connectivity index (χ4n) is 2.96. The van der Waals surface area contributed by atoms with Gasteiger partial charge in [0, 0.05) is 12.7 Å². The quantitative estimate of drug-likeness (QED) is 0.421. The first-order valence-electron chi connectivity index (χ1n) is 10.9. The normalized spacial score (nSPS) is 14.4. The van der Waals surface area contributed by atoms with Crippen LogP contribution in [0.5, 0.6) is 0 Å². The van der Waals surface area contributed by atoms with Crippen LogP contribution in [0.1, 0.15) is 53.0 Å². The number of carbonyl (C=O) groups excluding carboxylic acids is 1. The van der Waals surface area contributed by atoms with Gasteiger partial charge >= 0.3 is 5.97 Å². The molecule has 7 heteroatoms. The summed E-state index contributed by atoms with van der Waals surface area (Å²) in [5, 5.41) is 2.99. The highest BCUT2D eigenvalue weighted by molar-refractivity contribution is 7.90. The van der Waals surface area contributed by atoms with Gasteiger partial charge in [-0.1, -0.05) is 44.2 Å². The van der Waals surface area contributed by atoms with Gasteiger partial charge in [0.2, 0.25) is 0 Å². The molecule has 1 unspecified atom stereocenters. The number of hydrogen-bond acceptors (Lipinski definition) is 6. The van der Waals surface area contributed by atoms with Crippen LogP contribution < -0.4 is 5.32 Å². The molecule has 1 aromatic carbocycles. The number of allylic oxidation sites excluding steroid dienone is 2. The van der Waals surface area contributed by atoms with Gasteiger partial charge in [0.15, 0.2) is 15.7 Å². The van der Waals surface area contributed by atoms with Gasteiger partial charge in [0.1, 0.15) is 18.2 Å². The molecule has 0 spiro atoms. The predicted octanol–water partition coefficient (Wildman–Crippen LogP) is 4.72. The van der Waals surface area contributed by atoms with Crippen LogP contribution >= 0.6 is 0 Å². The lowest BCUT2D eigenvalue weighted by Crippen LogP contribution is -2.41. The first-order chi connectivity index (χ1) is 14.9. The first kappa shape index (κ1) is 27.5. The Morgan fingerprint density at radius 3 is 2.47 bits per heavy atom. The monoisotopic (exact) mass is 463 g/mol. The van der Waals surface area contributed by atoms with Gasteiger partial charge in [-0.05, 0) is 63.5 Å². The third kappa shape index (κ3) is 10.2. The number of nitrogens with one attached hydrogen (secondary N) is 1. The molecule has 1 aliphatic rings. The number of rotatable bonds is 9. The van der Waals surface area contributed by atoms with Crippen molar-refractivity contribution in [2.45, 2.75) is 70.4 Å². The number of benzene rings is 1. The van der Waals surface area contributed by atoms with Gasteiger partial charge in [0.05, 0.1) is 4.90 Å². The molecular weight excluding hydrogens is 426 g/mol. The lowest BCUT2D eigenvalue weighted by molar-refractivity contribution is -0.145. The summed E-state index contributed by atoms with van der Waals surface area (Å²) in [6, 6.07) is 5.76. The highest BCUT2D eigenvalue weighted by Crippen LogP contribution is 2.16. The second-order valence-corrected chi connectivity index (χ2v) is 10.3. The molecule has 178 valence electrons. The maximum atomic E-state index is 12.8. The van der Waals surface area contributed by atoms with E-state index in [1.165, 1.54) is 6.07 Å². The predicted molar refractivity (Wildman–Crippen MR) is 129 cm³/mol. The Hall–Kier alpha value is -2.54. The Kier molecular flexibility index (Phi) is 10.7. The zero-order valence-corrected chi connectivity index (χ0v) is 20.9. The molecule has 1 atom stereocenters. The molecule has 0 aliphatic heterocycles. The number of sulfone groups is 1. The SMILES string of the molecule is C=C(NC(Cc1cccc(S(C)(=O)=O)c1)C(=O)OCC1=CCCC=C1)OC(C)(C)C.CC. The van der Waals surface area contributed by atoms with Crippen LogP contribution in [0.15, 0.2) is 65.4 Å². The minimum absolute atomic E-state index is 0.184. The third-order valence-electron chi connectivity index (χ3n) is 4.27. The summed E-state index contributed by atoms with van der Waals surface area (Å²) in [6.45, 7) is 13.7. The Bertz CT molecular complexity index is 939. The zero-order chi connectivity index (χ0) is 24.4. The van der Waals surface area contributed by atoms with Gasteiger partial charge < -0.3 is 14.8 Å². The summed E-state index contributed by atoms with van der Waals surface area (Å²) >= 11 is 0. The van der Waals surface area contributed by atoms with E-state index in [9.17, 15) is 13.2 Å². The smallest absolute Gasteiger partial charge is 0.329 e. The summed E-state index contributed by atoms with van der Waals surface area (Å²) in [5.41, 5.74) is 1.16. The molecular formula is C25H37NO5S. The first-order valence-corrected chi connectivity index (χ1v) is 12.8. The Labute approximate surface area is 193 Å². The molecule has 1 aliphatic carbocycles. The Balaban J connectivity index is 0.00000249. The molecule has 0 fully saturated rings. The van der Waals surface area contributed by atoms with Gasteiger partial charge in [-0.25, -0.2) is 13.2 Å². The van der Waals surface area contributed by atoms with Crippen LogP contribution in [-0.4, -0.2) is 38.9 Å². The van der Waals surface area contributed by atoms with E-state index in [-0.39, 0.29) is 23.8 Å². The highest BCUT2D eigenvalue weighted by Gasteiger charge is 2.24. The minimum atomic E-state index is -3.35. The average Bonchev–Trinajstić information content (AvgIpc) is 2.72. The fourth-order valence-corrected chi connectivity index (χ4v) is 3.65. The number of carbonyl (C=O) groups is 1. The van der Waals surface area contributed by atoms with Gasteiger partial charge in [-0.2, -0.15) is 0 Å². The molecule has 2 rings (SSSR count). The van der Waals surface area contributed by atoms with E-state index in [0.717, 1.165) is 24.7 Å². The van der Waals surface area contributed by atoms with Crippen molar-refractivity contribution in [3.05, 3.63) is 66.1 Å². The van der Waals surface area contributed by atoms with Crippen molar-refractivity contribution in [1.82, 2.24) is 5.32 Å². The molecule has 0 aromatic heterocycles. The molecule has 6 nitrogen and oxygen atoms in total. The number of esters is 1. The Morgan fingerprint density at radius 2 is 1.91 bits per heavy atom. The van der Waals surface area contributed by atoms with Gasteiger partial charge in [-0.3, -0.25) is 0 Å². The summed E-state index contributed by atoms with van der Waals surface area (Å²) in [6.07, 6.45) is 9.35. The summed E-state index contributed by atoms with van der Waals surface area (Å²) < 4.78 is 34.9. The largest absolute Gasteiger partial charge is 0.474 e. The highest BCUT2D eigenvalue weighted by atomic mass is 32.2. The minimum Gasteiger partial charge on any atom is -0.474 e. The Morgan fingerprint density at radius 1 is 1.22 bits per heavy atom. The van der Waals surface area contributed by atoms with E-state index >= 15 is 0 Å². The summed E-state index contributed by atoms with van der Waals surface area (Å²) in [7, 11) is -3.35. The molecule has 0 bridgehead atoms. The molecule has 0 heterocycles. The standard InChI is InChI=1S/C23H31NO5S.C2H6/c1-17(29-23(2,3)4)24-21(22(25)28-16-18-10-7-6-8-11-18)15-19-12-9-13-20(14-19)30(5,26)27;1-2/h7,9-14,21,24H,1,6,8,15-16H2,2-5H3;1-2H3. The zero-order valence-electron chi connectivity index (χ0n) is 20.1. The van der Waals surface area contributed by atoms with Crippen molar-refractivity contribution < 1.29 is 22.7 Å². The topological polar surface area (TPSA) is 81.7 Å².